The Morgan fingerprint density at radius 3 is 2.60 bits per heavy atom. The topological polar surface area (TPSA) is 52.9 Å². The number of benzene rings is 2. The van der Waals surface area contributed by atoms with Crippen LogP contribution in [0.4, 0.5) is 0 Å². The molecule has 3 nitrogen and oxygen atoms in total. The van der Waals surface area contributed by atoms with Gasteiger partial charge in [-0.1, -0.05) is 29.8 Å². The number of nitrogens with zero attached hydrogens (tertiary/aromatic N) is 1. The minimum atomic E-state index is -0.158. The third-order valence-electron chi connectivity index (χ3n) is 2.98. The molecular formula is C16H13ClN2O. The van der Waals surface area contributed by atoms with Crippen molar-refractivity contribution in [2.75, 3.05) is 0 Å². The number of nitrogens with one attached hydrogen (secondary N) is 1. The lowest BCUT2D eigenvalue weighted by molar-refractivity contribution is 0.0950. The van der Waals surface area contributed by atoms with Crippen LogP contribution in [0.25, 0.3) is 0 Å². The highest BCUT2D eigenvalue weighted by atomic mass is 35.5. The Balaban J connectivity index is 2.04. The molecule has 0 aliphatic heterocycles. The maximum atomic E-state index is 12.1. The van der Waals surface area contributed by atoms with Gasteiger partial charge in [-0.05, 0) is 42.3 Å². The Labute approximate surface area is 122 Å². The summed E-state index contributed by atoms with van der Waals surface area (Å²) in [6.07, 6.45) is 0. The average Bonchev–Trinajstić information content (AvgIpc) is 2.47. The number of rotatable bonds is 3. The molecule has 0 aliphatic carbocycles. The number of hydrogen-bond donors (Lipinski definition) is 1. The molecule has 0 bridgehead atoms. The highest BCUT2D eigenvalue weighted by Crippen LogP contribution is 2.15. The molecule has 20 heavy (non-hydrogen) atoms. The van der Waals surface area contributed by atoms with Gasteiger partial charge in [0.05, 0.1) is 11.6 Å². The molecule has 0 saturated carbocycles. The van der Waals surface area contributed by atoms with Gasteiger partial charge in [0.2, 0.25) is 0 Å². The lowest BCUT2D eigenvalue weighted by atomic mass is 10.1. The van der Waals surface area contributed by atoms with Crippen molar-refractivity contribution in [3.63, 3.8) is 0 Å². The zero-order valence-corrected chi connectivity index (χ0v) is 11.7. The van der Waals surface area contributed by atoms with Crippen LogP contribution < -0.4 is 5.32 Å². The molecule has 0 saturated heterocycles. The van der Waals surface area contributed by atoms with Crippen molar-refractivity contribution < 1.29 is 4.79 Å². The Bertz CT molecular complexity index is 672. The molecule has 0 radical (unpaired) electrons. The summed E-state index contributed by atoms with van der Waals surface area (Å²) in [6.45, 7) is 2.28. The first-order chi connectivity index (χ1) is 9.60. The first-order valence-electron chi connectivity index (χ1n) is 6.13. The number of aryl methyl sites for hydroxylation is 1. The Morgan fingerprint density at radius 2 is 1.95 bits per heavy atom. The van der Waals surface area contributed by atoms with E-state index in [4.69, 9.17) is 16.9 Å². The quantitative estimate of drug-likeness (QED) is 0.938. The molecule has 0 aliphatic rings. The lowest BCUT2D eigenvalue weighted by Crippen LogP contribution is -2.23. The van der Waals surface area contributed by atoms with E-state index >= 15 is 0 Å². The first kappa shape index (κ1) is 14.1. The van der Waals surface area contributed by atoms with E-state index in [1.807, 2.05) is 25.1 Å². The summed E-state index contributed by atoms with van der Waals surface area (Å²) in [4.78, 5) is 12.1. The van der Waals surface area contributed by atoms with Gasteiger partial charge in [0, 0.05) is 17.1 Å². The zero-order chi connectivity index (χ0) is 14.5. The summed E-state index contributed by atoms with van der Waals surface area (Å²) < 4.78 is 0. The summed E-state index contributed by atoms with van der Waals surface area (Å²) in [5.41, 5.74) is 3.00. The highest BCUT2D eigenvalue weighted by Gasteiger charge is 2.09. The summed E-state index contributed by atoms with van der Waals surface area (Å²) in [6, 6.07) is 14.4. The van der Waals surface area contributed by atoms with Gasteiger partial charge in [0.15, 0.2) is 0 Å². The first-order valence-corrected chi connectivity index (χ1v) is 6.51. The van der Waals surface area contributed by atoms with Gasteiger partial charge in [-0.2, -0.15) is 5.26 Å². The number of amides is 1. The standard InChI is InChI=1S/C16H13ClN2O/c1-11-2-7-14(17)8-15(11)16(20)19-10-13-5-3-12(9-18)4-6-13/h2-8H,10H2,1H3,(H,19,20). The van der Waals surface area contributed by atoms with Gasteiger partial charge >= 0.3 is 0 Å². The highest BCUT2D eigenvalue weighted by molar-refractivity contribution is 6.31. The van der Waals surface area contributed by atoms with Gasteiger partial charge in [-0.3, -0.25) is 4.79 Å². The van der Waals surface area contributed by atoms with E-state index in [2.05, 4.69) is 11.4 Å². The molecule has 0 heterocycles. The van der Waals surface area contributed by atoms with Crippen LogP contribution in [0.2, 0.25) is 5.02 Å². The zero-order valence-electron chi connectivity index (χ0n) is 11.0. The van der Waals surface area contributed by atoms with E-state index in [9.17, 15) is 4.79 Å². The van der Waals surface area contributed by atoms with Crippen LogP contribution in [0.5, 0.6) is 0 Å². The fourth-order valence-electron chi connectivity index (χ4n) is 1.81. The number of halogens is 1. The minimum absolute atomic E-state index is 0.158. The van der Waals surface area contributed by atoms with Gasteiger partial charge in [0.25, 0.3) is 5.91 Å². The van der Waals surface area contributed by atoms with Gasteiger partial charge in [-0.15, -0.1) is 0 Å². The maximum absolute atomic E-state index is 12.1. The molecule has 0 atom stereocenters. The maximum Gasteiger partial charge on any atom is 0.251 e. The van der Waals surface area contributed by atoms with E-state index in [-0.39, 0.29) is 5.91 Å². The van der Waals surface area contributed by atoms with Gasteiger partial charge in [-0.25, -0.2) is 0 Å². The van der Waals surface area contributed by atoms with Crippen LogP contribution in [0, 0.1) is 18.3 Å². The molecule has 0 aromatic heterocycles. The van der Waals surface area contributed by atoms with Crippen molar-refractivity contribution in [1.29, 1.82) is 5.26 Å². The summed E-state index contributed by atoms with van der Waals surface area (Å²) in [7, 11) is 0. The van der Waals surface area contributed by atoms with Crippen molar-refractivity contribution in [2.45, 2.75) is 13.5 Å². The molecule has 4 heteroatoms. The van der Waals surface area contributed by atoms with Gasteiger partial charge in [0.1, 0.15) is 0 Å². The van der Waals surface area contributed by atoms with Crippen LogP contribution in [-0.2, 0) is 6.54 Å². The normalized spacial score (nSPS) is 9.85. The van der Waals surface area contributed by atoms with Crippen LogP contribution in [0.1, 0.15) is 27.0 Å². The summed E-state index contributed by atoms with van der Waals surface area (Å²) in [5, 5.41) is 12.1. The van der Waals surface area contributed by atoms with E-state index < -0.39 is 0 Å². The van der Waals surface area contributed by atoms with E-state index in [0.29, 0.717) is 22.7 Å². The van der Waals surface area contributed by atoms with Crippen molar-refractivity contribution in [1.82, 2.24) is 5.32 Å². The second-order valence-corrected chi connectivity index (χ2v) is 4.89. The smallest absolute Gasteiger partial charge is 0.251 e. The SMILES string of the molecule is Cc1ccc(Cl)cc1C(=O)NCc1ccc(C#N)cc1. The Morgan fingerprint density at radius 1 is 1.25 bits per heavy atom. The van der Waals surface area contributed by atoms with E-state index in [1.165, 1.54) is 0 Å². The molecule has 1 amide bonds. The van der Waals surface area contributed by atoms with Crippen molar-refractivity contribution >= 4 is 17.5 Å². The van der Waals surface area contributed by atoms with Crippen molar-refractivity contribution in [3.05, 3.63) is 69.7 Å². The second-order valence-electron chi connectivity index (χ2n) is 4.45. The monoisotopic (exact) mass is 284 g/mol. The molecule has 2 rings (SSSR count). The van der Waals surface area contributed by atoms with E-state index in [0.717, 1.165) is 11.1 Å². The average molecular weight is 285 g/mol. The van der Waals surface area contributed by atoms with E-state index in [1.54, 1.807) is 24.3 Å². The number of carbonyl (C=O) groups is 1. The van der Waals surface area contributed by atoms with Crippen molar-refractivity contribution in [3.8, 4) is 6.07 Å². The molecule has 0 unspecified atom stereocenters. The van der Waals surface area contributed by atoms with Crippen LogP contribution in [0.3, 0.4) is 0 Å². The molecule has 100 valence electrons. The van der Waals surface area contributed by atoms with Crippen LogP contribution >= 0.6 is 11.6 Å². The molecular weight excluding hydrogens is 272 g/mol. The molecule has 0 spiro atoms. The Hall–Kier alpha value is -2.31. The minimum Gasteiger partial charge on any atom is -0.348 e. The second kappa shape index (κ2) is 6.23. The fraction of sp³-hybridized carbons (Fsp3) is 0.125. The Kier molecular flexibility index (Phi) is 4.39. The number of nitriles is 1. The summed E-state index contributed by atoms with van der Waals surface area (Å²) >= 11 is 5.90. The number of carbonyl (C=O) groups excluding carboxylic acids is 1. The third-order valence-corrected chi connectivity index (χ3v) is 3.22. The third kappa shape index (κ3) is 3.37. The predicted octanol–water partition coefficient (Wildman–Crippen LogP) is 3.45. The van der Waals surface area contributed by atoms with Gasteiger partial charge < -0.3 is 5.32 Å². The van der Waals surface area contributed by atoms with Crippen LogP contribution in [-0.4, -0.2) is 5.91 Å². The largest absolute Gasteiger partial charge is 0.348 e. The fourth-order valence-corrected chi connectivity index (χ4v) is 1.99. The summed E-state index contributed by atoms with van der Waals surface area (Å²) in [5.74, 6) is -0.158. The van der Waals surface area contributed by atoms with Crippen LogP contribution in [0.15, 0.2) is 42.5 Å². The molecule has 2 aromatic carbocycles. The van der Waals surface area contributed by atoms with Crippen molar-refractivity contribution in [2.24, 2.45) is 0 Å². The predicted molar refractivity (Wildman–Crippen MR) is 78.5 cm³/mol. The number of hydrogen-bond acceptors (Lipinski definition) is 2. The molecule has 2 aromatic rings. The molecule has 0 fully saturated rings. The lowest BCUT2D eigenvalue weighted by Gasteiger charge is -2.08. The molecule has 1 N–H and O–H groups in total.